The second-order valence-corrected chi connectivity index (χ2v) is 7.91. The molecule has 2 aromatic rings. The molecule has 2 aromatic carbocycles. The number of aliphatic hydroxyl groups is 1. The summed E-state index contributed by atoms with van der Waals surface area (Å²) in [5.41, 5.74) is 3.02. The van der Waals surface area contributed by atoms with Crippen molar-refractivity contribution in [3.63, 3.8) is 0 Å². The predicted octanol–water partition coefficient (Wildman–Crippen LogP) is 1.92. The third-order valence-corrected chi connectivity index (χ3v) is 6.12. The molecule has 0 bridgehead atoms. The van der Waals surface area contributed by atoms with Gasteiger partial charge in [0.2, 0.25) is 10.0 Å². The van der Waals surface area contributed by atoms with Crippen molar-refractivity contribution in [1.29, 1.82) is 0 Å². The summed E-state index contributed by atoms with van der Waals surface area (Å²) in [6, 6.07) is 11.8. The summed E-state index contributed by atoms with van der Waals surface area (Å²) in [5.74, 6) is -0.220. The molecule has 0 radical (unpaired) electrons. The largest absolute Gasteiger partial charge is 0.392 e. The summed E-state index contributed by atoms with van der Waals surface area (Å²) in [6.07, 6.45) is 0.444. The Morgan fingerprint density at radius 2 is 1.83 bits per heavy atom. The molecule has 0 spiro atoms. The molecule has 1 aliphatic heterocycles. The number of benzene rings is 2. The molecule has 1 heterocycles. The van der Waals surface area contributed by atoms with Crippen LogP contribution >= 0.6 is 0 Å². The number of hydrogen-bond acceptors (Lipinski definition) is 4. The predicted molar refractivity (Wildman–Crippen MR) is 90.3 cm³/mol. The molecule has 0 aliphatic carbocycles. The molecule has 0 amide bonds. The quantitative estimate of drug-likeness (QED) is 0.922. The molecule has 0 unspecified atom stereocenters. The molecule has 0 atom stereocenters. The summed E-state index contributed by atoms with van der Waals surface area (Å²) in [7, 11) is -3.71. The Balaban J connectivity index is 1.92. The monoisotopic (exact) mass is 345 g/mol. The van der Waals surface area contributed by atoms with Crippen molar-refractivity contribution in [2.45, 2.75) is 24.8 Å². The van der Waals surface area contributed by atoms with Crippen molar-refractivity contribution >= 4 is 15.8 Å². The van der Waals surface area contributed by atoms with Crippen LogP contribution in [0, 0.1) is 6.92 Å². The van der Waals surface area contributed by atoms with Crippen molar-refractivity contribution in [3.8, 4) is 0 Å². The highest BCUT2D eigenvalue weighted by Gasteiger charge is 2.30. The van der Waals surface area contributed by atoms with E-state index in [4.69, 9.17) is 0 Å². The van der Waals surface area contributed by atoms with E-state index in [1.54, 1.807) is 42.5 Å². The average molecular weight is 345 g/mol. The van der Waals surface area contributed by atoms with Crippen molar-refractivity contribution in [2.24, 2.45) is 0 Å². The van der Waals surface area contributed by atoms with Crippen LogP contribution in [0.2, 0.25) is 0 Å². The number of sulfonamides is 1. The average Bonchev–Trinajstić information content (AvgIpc) is 2.74. The van der Waals surface area contributed by atoms with Gasteiger partial charge in [0.05, 0.1) is 18.0 Å². The number of carbonyl (C=O) groups excluding carboxylic acids is 1. The van der Waals surface area contributed by atoms with E-state index in [1.165, 1.54) is 4.31 Å². The minimum atomic E-state index is -3.71. The highest BCUT2D eigenvalue weighted by molar-refractivity contribution is 7.89. The Labute approximate surface area is 141 Å². The van der Waals surface area contributed by atoms with Gasteiger partial charge in [-0.2, -0.15) is 4.31 Å². The van der Waals surface area contributed by atoms with Crippen molar-refractivity contribution in [1.82, 2.24) is 4.31 Å². The fraction of sp³-hybridized carbons (Fsp3) is 0.278. The summed E-state index contributed by atoms with van der Waals surface area (Å²) in [4.78, 5) is 12.7. The lowest BCUT2D eigenvalue weighted by Crippen LogP contribution is -2.35. The number of rotatable bonds is 3. The first-order chi connectivity index (χ1) is 11.4. The van der Waals surface area contributed by atoms with Gasteiger partial charge in [-0.15, -0.1) is 0 Å². The lowest BCUT2D eigenvalue weighted by atomic mass is 10.00. The number of carbonyl (C=O) groups is 1. The number of Topliss-reactive ketones (excluding diaryl/α,β-unsaturated/α-hetero) is 1. The minimum Gasteiger partial charge on any atom is -0.392 e. The molecule has 5 nitrogen and oxygen atoms in total. The maximum Gasteiger partial charge on any atom is 0.243 e. The topological polar surface area (TPSA) is 74.7 Å². The van der Waals surface area contributed by atoms with Gasteiger partial charge in [-0.1, -0.05) is 35.9 Å². The van der Waals surface area contributed by atoms with Crippen LogP contribution in [-0.4, -0.2) is 36.7 Å². The van der Waals surface area contributed by atoms with E-state index in [1.807, 2.05) is 6.92 Å². The lowest BCUT2D eigenvalue weighted by Gasteiger charge is -2.19. The molecule has 0 aromatic heterocycles. The zero-order chi connectivity index (χ0) is 17.3. The van der Waals surface area contributed by atoms with Crippen LogP contribution in [0.3, 0.4) is 0 Å². The minimum absolute atomic E-state index is 0.104. The molecule has 0 fully saturated rings. The third kappa shape index (κ3) is 3.13. The van der Waals surface area contributed by atoms with E-state index in [0.717, 1.165) is 16.7 Å². The van der Waals surface area contributed by atoms with E-state index in [-0.39, 0.29) is 30.4 Å². The first-order valence-electron chi connectivity index (χ1n) is 7.74. The first kappa shape index (κ1) is 16.8. The second-order valence-electron chi connectivity index (χ2n) is 5.97. The normalized spacial score (nSPS) is 15.8. The molecule has 24 heavy (non-hydrogen) atoms. The maximum absolute atomic E-state index is 12.8. The van der Waals surface area contributed by atoms with Gasteiger partial charge in [0, 0.05) is 12.1 Å². The van der Waals surface area contributed by atoms with Crippen molar-refractivity contribution in [3.05, 3.63) is 64.7 Å². The van der Waals surface area contributed by atoms with E-state index >= 15 is 0 Å². The molecular weight excluding hydrogens is 326 g/mol. The highest BCUT2D eigenvalue weighted by Crippen LogP contribution is 2.23. The summed E-state index contributed by atoms with van der Waals surface area (Å²) in [6.45, 7) is 1.86. The van der Waals surface area contributed by atoms with Crippen LogP contribution in [0.1, 0.15) is 27.0 Å². The Morgan fingerprint density at radius 3 is 2.50 bits per heavy atom. The lowest BCUT2D eigenvalue weighted by molar-refractivity contribution is 0.0971. The number of aliphatic hydroxyl groups excluding tert-OH is 1. The number of aryl methyl sites for hydroxylation is 1. The fourth-order valence-corrected chi connectivity index (χ4v) is 4.26. The first-order valence-corrected chi connectivity index (χ1v) is 9.18. The van der Waals surface area contributed by atoms with Crippen LogP contribution in [0.4, 0.5) is 0 Å². The molecule has 6 heteroatoms. The Hall–Kier alpha value is -2.02. The van der Waals surface area contributed by atoms with Crippen LogP contribution < -0.4 is 0 Å². The molecule has 1 N–H and O–H groups in total. The van der Waals surface area contributed by atoms with Gasteiger partial charge >= 0.3 is 0 Å². The fourth-order valence-electron chi connectivity index (χ4n) is 2.86. The Bertz CT molecular complexity index is 872. The van der Waals surface area contributed by atoms with E-state index in [0.29, 0.717) is 12.0 Å². The Morgan fingerprint density at radius 1 is 1.12 bits per heavy atom. The van der Waals surface area contributed by atoms with Crippen molar-refractivity contribution < 1.29 is 18.3 Å². The molecular formula is C18H19NO4S. The summed E-state index contributed by atoms with van der Waals surface area (Å²) in [5, 5.41) is 9.24. The third-order valence-electron chi connectivity index (χ3n) is 4.26. The Kier molecular flexibility index (Phi) is 4.54. The van der Waals surface area contributed by atoms with Gasteiger partial charge in [0.25, 0.3) is 0 Å². The molecule has 0 saturated heterocycles. The van der Waals surface area contributed by atoms with E-state index in [9.17, 15) is 18.3 Å². The van der Waals surface area contributed by atoms with Crippen LogP contribution in [-0.2, 0) is 23.1 Å². The van der Waals surface area contributed by atoms with Gasteiger partial charge in [-0.3, -0.25) is 4.79 Å². The summed E-state index contributed by atoms with van der Waals surface area (Å²) < 4.78 is 26.8. The van der Waals surface area contributed by atoms with Gasteiger partial charge in [0.15, 0.2) is 5.78 Å². The standard InChI is InChI=1S/C18H19NO4S/c1-13-2-5-16(6-3-13)24(22,23)19-9-8-15-10-14(12-20)4-7-17(15)18(21)11-19/h2-7,10,20H,8-9,11-12H2,1H3. The van der Waals surface area contributed by atoms with Gasteiger partial charge < -0.3 is 5.11 Å². The molecule has 0 saturated carbocycles. The van der Waals surface area contributed by atoms with Crippen LogP contribution in [0.15, 0.2) is 47.4 Å². The molecule has 3 rings (SSSR count). The number of nitrogens with zero attached hydrogens (tertiary/aromatic N) is 1. The number of hydrogen-bond donors (Lipinski definition) is 1. The summed E-state index contributed by atoms with van der Waals surface area (Å²) >= 11 is 0. The molecule has 1 aliphatic rings. The van der Waals surface area contributed by atoms with Gasteiger partial charge in [0.1, 0.15) is 0 Å². The zero-order valence-corrected chi connectivity index (χ0v) is 14.2. The maximum atomic E-state index is 12.8. The van der Waals surface area contributed by atoms with Gasteiger partial charge in [-0.25, -0.2) is 8.42 Å². The molecule has 126 valence electrons. The van der Waals surface area contributed by atoms with Crippen LogP contribution in [0.25, 0.3) is 0 Å². The van der Waals surface area contributed by atoms with Gasteiger partial charge in [-0.05, 0) is 36.6 Å². The highest BCUT2D eigenvalue weighted by atomic mass is 32.2. The smallest absolute Gasteiger partial charge is 0.243 e. The number of fused-ring (bicyclic) bond motifs is 1. The zero-order valence-electron chi connectivity index (χ0n) is 13.4. The van der Waals surface area contributed by atoms with E-state index < -0.39 is 10.0 Å². The van der Waals surface area contributed by atoms with E-state index in [2.05, 4.69) is 0 Å². The number of ketones is 1. The SMILES string of the molecule is Cc1ccc(S(=O)(=O)N2CCc3cc(CO)ccc3C(=O)C2)cc1. The van der Waals surface area contributed by atoms with Crippen molar-refractivity contribution in [2.75, 3.05) is 13.1 Å². The second kappa shape index (κ2) is 6.47. The van der Waals surface area contributed by atoms with Crippen LogP contribution in [0.5, 0.6) is 0 Å².